The zero-order valence-electron chi connectivity index (χ0n) is 10.6. The van der Waals surface area contributed by atoms with Crippen LogP contribution in [0.3, 0.4) is 0 Å². The highest BCUT2D eigenvalue weighted by atomic mass is 32.2. The third-order valence-corrected chi connectivity index (χ3v) is 3.44. The van der Waals surface area contributed by atoms with Crippen molar-refractivity contribution < 1.29 is 9.59 Å². The Balaban J connectivity index is 2.27. The number of amides is 2. The van der Waals surface area contributed by atoms with E-state index in [1.54, 1.807) is 18.7 Å². The monoisotopic (exact) mass is 266 g/mol. The lowest BCUT2D eigenvalue weighted by atomic mass is 10.2. The lowest BCUT2D eigenvalue weighted by molar-refractivity contribution is -0.126. The standard InChI is InChI=1S/C13H18N2O2S/c1-9-3-5-11(6-4-9)18-8-7-12(16)15-10(2)13(14)17/h3-6,10H,7-8H2,1-2H3,(H2,14,17)(H,15,16). The molecular weight excluding hydrogens is 248 g/mol. The van der Waals surface area contributed by atoms with Crippen LogP contribution in [0, 0.1) is 6.92 Å². The summed E-state index contributed by atoms with van der Waals surface area (Å²) < 4.78 is 0. The molecule has 0 bridgehead atoms. The fourth-order valence-corrected chi connectivity index (χ4v) is 2.13. The summed E-state index contributed by atoms with van der Waals surface area (Å²) in [6.07, 6.45) is 0.371. The molecule has 1 atom stereocenters. The molecule has 0 heterocycles. The highest BCUT2D eigenvalue weighted by molar-refractivity contribution is 7.99. The van der Waals surface area contributed by atoms with Crippen LogP contribution in [0.4, 0.5) is 0 Å². The van der Waals surface area contributed by atoms with Crippen molar-refractivity contribution in [2.75, 3.05) is 5.75 Å². The van der Waals surface area contributed by atoms with Gasteiger partial charge in [-0.1, -0.05) is 17.7 Å². The maximum atomic E-state index is 11.5. The zero-order chi connectivity index (χ0) is 13.5. The summed E-state index contributed by atoms with van der Waals surface area (Å²) in [6.45, 7) is 3.61. The topological polar surface area (TPSA) is 72.2 Å². The number of carbonyl (C=O) groups excluding carboxylic acids is 2. The number of hydrogen-bond acceptors (Lipinski definition) is 3. The van der Waals surface area contributed by atoms with E-state index in [2.05, 4.69) is 5.32 Å². The fourth-order valence-electron chi connectivity index (χ4n) is 1.28. The molecule has 0 saturated heterocycles. The Morgan fingerprint density at radius 3 is 2.50 bits per heavy atom. The maximum absolute atomic E-state index is 11.5. The molecule has 5 heteroatoms. The van der Waals surface area contributed by atoms with E-state index in [0.29, 0.717) is 12.2 Å². The van der Waals surface area contributed by atoms with E-state index >= 15 is 0 Å². The molecule has 1 aromatic rings. The number of thioether (sulfide) groups is 1. The van der Waals surface area contributed by atoms with Gasteiger partial charge in [-0.15, -0.1) is 11.8 Å². The van der Waals surface area contributed by atoms with Crippen molar-refractivity contribution in [1.29, 1.82) is 0 Å². The number of aryl methyl sites for hydroxylation is 1. The van der Waals surface area contributed by atoms with Gasteiger partial charge < -0.3 is 11.1 Å². The lowest BCUT2D eigenvalue weighted by Gasteiger charge is -2.09. The van der Waals surface area contributed by atoms with Crippen LogP contribution in [0.2, 0.25) is 0 Å². The summed E-state index contributed by atoms with van der Waals surface area (Å²) in [6, 6.07) is 7.53. The first-order valence-corrected chi connectivity index (χ1v) is 6.75. The van der Waals surface area contributed by atoms with Crippen LogP contribution in [-0.4, -0.2) is 23.6 Å². The number of nitrogens with two attached hydrogens (primary N) is 1. The summed E-state index contributed by atoms with van der Waals surface area (Å²) in [5, 5.41) is 2.55. The van der Waals surface area contributed by atoms with E-state index in [-0.39, 0.29) is 5.91 Å². The third-order valence-electron chi connectivity index (χ3n) is 2.42. The molecule has 0 spiro atoms. The zero-order valence-corrected chi connectivity index (χ0v) is 11.4. The highest BCUT2D eigenvalue weighted by Crippen LogP contribution is 2.18. The predicted molar refractivity (Wildman–Crippen MR) is 73.3 cm³/mol. The van der Waals surface area contributed by atoms with Crippen molar-refractivity contribution in [1.82, 2.24) is 5.32 Å². The molecule has 0 aliphatic rings. The van der Waals surface area contributed by atoms with Gasteiger partial charge in [-0.3, -0.25) is 9.59 Å². The molecule has 1 rings (SSSR count). The van der Waals surface area contributed by atoms with E-state index in [9.17, 15) is 9.59 Å². The van der Waals surface area contributed by atoms with E-state index < -0.39 is 11.9 Å². The van der Waals surface area contributed by atoms with Crippen molar-refractivity contribution in [2.45, 2.75) is 31.2 Å². The van der Waals surface area contributed by atoms with E-state index in [4.69, 9.17) is 5.73 Å². The predicted octanol–water partition coefficient (Wildman–Crippen LogP) is 1.47. The van der Waals surface area contributed by atoms with Gasteiger partial charge in [0.1, 0.15) is 6.04 Å². The summed E-state index contributed by atoms with van der Waals surface area (Å²) in [4.78, 5) is 23.4. The fraction of sp³-hybridized carbons (Fsp3) is 0.385. The Morgan fingerprint density at radius 2 is 1.94 bits per heavy atom. The van der Waals surface area contributed by atoms with Crippen LogP contribution in [0.5, 0.6) is 0 Å². The summed E-state index contributed by atoms with van der Waals surface area (Å²) in [5.41, 5.74) is 6.27. The van der Waals surface area contributed by atoms with Gasteiger partial charge in [-0.05, 0) is 26.0 Å². The van der Waals surface area contributed by atoms with Gasteiger partial charge >= 0.3 is 0 Å². The van der Waals surface area contributed by atoms with Crippen LogP contribution < -0.4 is 11.1 Å². The lowest BCUT2D eigenvalue weighted by Crippen LogP contribution is -2.42. The molecule has 0 aliphatic carbocycles. The van der Waals surface area contributed by atoms with Crippen LogP contribution >= 0.6 is 11.8 Å². The molecule has 98 valence electrons. The van der Waals surface area contributed by atoms with Gasteiger partial charge in [0, 0.05) is 17.1 Å². The Kier molecular flexibility index (Phi) is 5.71. The second-order valence-corrected chi connectivity index (χ2v) is 5.27. The minimum atomic E-state index is -0.609. The van der Waals surface area contributed by atoms with Crippen molar-refractivity contribution in [3.63, 3.8) is 0 Å². The van der Waals surface area contributed by atoms with Gasteiger partial charge in [0.2, 0.25) is 11.8 Å². The van der Waals surface area contributed by atoms with Crippen LogP contribution in [0.1, 0.15) is 18.9 Å². The number of nitrogens with one attached hydrogen (secondary N) is 1. The van der Waals surface area contributed by atoms with E-state index in [0.717, 1.165) is 4.90 Å². The molecule has 1 unspecified atom stereocenters. The molecule has 4 nitrogen and oxygen atoms in total. The van der Waals surface area contributed by atoms with Crippen molar-refractivity contribution in [3.8, 4) is 0 Å². The highest BCUT2D eigenvalue weighted by Gasteiger charge is 2.11. The summed E-state index contributed by atoms with van der Waals surface area (Å²) >= 11 is 1.62. The Bertz CT molecular complexity index is 418. The first kappa shape index (κ1) is 14.6. The molecule has 18 heavy (non-hydrogen) atoms. The van der Waals surface area contributed by atoms with E-state index in [1.165, 1.54) is 5.56 Å². The quantitative estimate of drug-likeness (QED) is 0.766. The van der Waals surface area contributed by atoms with Gasteiger partial charge in [0.25, 0.3) is 0 Å². The van der Waals surface area contributed by atoms with Crippen LogP contribution in [-0.2, 0) is 9.59 Å². The minimum absolute atomic E-state index is 0.152. The van der Waals surface area contributed by atoms with Crippen LogP contribution in [0.15, 0.2) is 29.2 Å². The first-order chi connectivity index (χ1) is 8.49. The molecule has 0 saturated carbocycles. The van der Waals surface area contributed by atoms with Crippen molar-refractivity contribution >= 4 is 23.6 Å². The maximum Gasteiger partial charge on any atom is 0.239 e. The number of carbonyl (C=O) groups is 2. The average molecular weight is 266 g/mol. The van der Waals surface area contributed by atoms with E-state index in [1.807, 2.05) is 31.2 Å². The molecular formula is C13H18N2O2S. The molecule has 0 radical (unpaired) electrons. The van der Waals surface area contributed by atoms with Crippen molar-refractivity contribution in [3.05, 3.63) is 29.8 Å². The first-order valence-electron chi connectivity index (χ1n) is 5.77. The molecule has 1 aromatic carbocycles. The second-order valence-electron chi connectivity index (χ2n) is 4.10. The molecule has 0 fully saturated rings. The third kappa shape index (κ3) is 5.23. The number of rotatable bonds is 6. The van der Waals surface area contributed by atoms with Crippen LogP contribution in [0.25, 0.3) is 0 Å². The Morgan fingerprint density at radius 1 is 1.33 bits per heavy atom. The summed E-state index contributed by atoms with van der Waals surface area (Å²) in [7, 11) is 0. The van der Waals surface area contributed by atoms with Gasteiger partial charge in [-0.25, -0.2) is 0 Å². The van der Waals surface area contributed by atoms with Gasteiger partial charge in [0.05, 0.1) is 0 Å². The van der Waals surface area contributed by atoms with Gasteiger partial charge in [-0.2, -0.15) is 0 Å². The largest absolute Gasteiger partial charge is 0.368 e. The summed E-state index contributed by atoms with van der Waals surface area (Å²) in [5.74, 6) is 0.0100. The Hall–Kier alpha value is -1.49. The molecule has 0 aromatic heterocycles. The normalized spacial score (nSPS) is 11.9. The molecule has 2 amide bonds. The van der Waals surface area contributed by atoms with Crippen molar-refractivity contribution in [2.24, 2.45) is 5.73 Å². The number of primary amides is 1. The average Bonchev–Trinajstić information content (AvgIpc) is 2.31. The SMILES string of the molecule is Cc1ccc(SCCC(=O)NC(C)C(N)=O)cc1. The number of hydrogen-bond donors (Lipinski definition) is 2. The molecule has 0 aliphatic heterocycles. The Labute approximate surface area is 111 Å². The smallest absolute Gasteiger partial charge is 0.239 e. The minimum Gasteiger partial charge on any atom is -0.368 e. The second kappa shape index (κ2) is 7.06. The van der Waals surface area contributed by atoms with Gasteiger partial charge in [0.15, 0.2) is 0 Å². The molecule has 3 N–H and O–H groups in total. The number of benzene rings is 1.